The van der Waals surface area contributed by atoms with Gasteiger partial charge in [-0.1, -0.05) is 0 Å². The van der Waals surface area contributed by atoms with Crippen LogP contribution in [0, 0.1) is 0 Å². The average Bonchev–Trinajstić information content (AvgIpc) is 2.87. The number of benzene rings is 1. The number of thiazole rings is 1. The van der Waals surface area contributed by atoms with Gasteiger partial charge in [-0.3, -0.25) is 4.79 Å². The summed E-state index contributed by atoms with van der Waals surface area (Å²) in [4.78, 5) is 15.8. The summed E-state index contributed by atoms with van der Waals surface area (Å²) in [6, 6.07) is 5.69. The van der Waals surface area contributed by atoms with Crippen molar-refractivity contribution in [2.24, 2.45) is 0 Å². The molecule has 0 aliphatic carbocycles. The van der Waals surface area contributed by atoms with Gasteiger partial charge in [0.05, 0.1) is 11.4 Å². The van der Waals surface area contributed by atoms with Crippen LogP contribution < -0.4 is 15.4 Å². The van der Waals surface area contributed by atoms with Crippen LogP contribution in [0.2, 0.25) is 0 Å². The molecule has 0 unspecified atom stereocenters. The van der Waals surface area contributed by atoms with Crippen molar-refractivity contribution in [3.05, 3.63) is 23.6 Å². The molecule has 0 bridgehead atoms. The predicted octanol–water partition coefficient (Wildman–Crippen LogP) is 2.57. The molecule has 0 spiro atoms. The Bertz CT molecular complexity index is 624. The summed E-state index contributed by atoms with van der Waals surface area (Å²) in [6.07, 6.45) is 0. The van der Waals surface area contributed by atoms with E-state index in [0.717, 1.165) is 22.9 Å². The number of ether oxygens (including phenoxy) is 1. The SMILES string of the molecule is CCNc1nc(-c2ccc3c(c2)NC(=O)CO3)cs1. The summed E-state index contributed by atoms with van der Waals surface area (Å²) in [5.74, 6) is 0.571. The minimum absolute atomic E-state index is 0.0770. The number of carbonyl (C=O) groups is 1. The van der Waals surface area contributed by atoms with Gasteiger partial charge in [0.2, 0.25) is 0 Å². The van der Waals surface area contributed by atoms with Gasteiger partial charge >= 0.3 is 0 Å². The fourth-order valence-electron chi connectivity index (χ4n) is 1.88. The monoisotopic (exact) mass is 275 g/mol. The highest BCUT2D eigenvalue weighted by molar-refractivity contribution is 7.14. The van der Waals surface area contributed by atoms with Gasteiger partial charge in [0.1, 0.15) is 5.75 Å². The van der Waals surface area contributed by atoms with E-state index >= 15 is 0 Å². The normalized spacial score (nSPS) is 13.4. The summed E-state index contributed by atoms with van der Waals surface area (Å²) >= 11 is 1.57. The van der Waals surface area contributed by atoms with Crippen molar-refractivity contribution in [1.29, 1.82) is 0 Å². The molecule has 19 heavy (non-hydrogen) atoms. The largest absolute Gasteiger partial charge is 0.482 e. The van der Waals surface area contributed by atoms with Crippen LogP contribution in [0.25, 0.3) is 11.3 Å². The first kappa shape index (κ1) is 12.0. The maximum atomic E-state index is 11.3. The third-order valence-corrected chi connectivity index (χ3v) is 3.54. The number of hydrogen-bond acceptors (Lipinski definition) is 5. The third-order valence-electron chi connectivity index (χ3n) is 2.74. The highest BCUT2D eigenvalue weighted by Gasteiger charge is 2.16. The molecule has 1 aliphatic rings. The Morgan fingerprint density at radius 1 is 1.53 bits per heavy atom. The molecule has 3 rings (SSSR count). The molecule has 1 aromatic heterocycles. The molecule has 1 aliphatic heterocycles. The highest BCUT2D eigenvalue weighted by atomic mass is 32.1. The molecule has 6 heteroatoms. The number of carbonyl (C=O) groups excluding carboxylic acids is 1. The molecule has 98 valence electrons. The average molecular weight is 275 g/mol. The molecule has 0 atom stereocenters. The lowest BCUT2D eigenvalue weighted by atomic mass is 10.1. The number of anilines is 2. The van der Waals surface area contributed by atoms with Crippen molar-refractivity contribution < 1.29 is 9.53 Å². The molecule has 2 N–H and O–H groups in total. The lowest BCUT2D eigenvalue weighted by Gasteiger charge is -2.18. The number of nitrogens with zero attached hydrogens (tertiary/aromatic N) is 1. The molecule has 0 radical (unpaired) electrons. The van der Waals surface area contributed by atoms with Crippen LogP contribution in [0.4, 0.5) is 10.8 Å². The van der Waals surface area contributed by atoms with Gasteiger partial charge in [-0.25, -0.2) is 4.98 Å². The quantitative estimate of drug-likeness (QED) is 0.903. The van der Waals surface area contributed by atoms with E-state index in [2.05, 4.69) is 15.6 Å². The number of aromatic nitrogens is 1. The summed E-state index contributed by atoms with van der Waals surface area (Å²) in [7, 11) is 0. The van der Waals surface area contributed by atoms with Gasteiger partial charge in [0.25, 0.3) is 5.91 Å². The van der Waals surface area contributed by atoms with Gasteiger partial charge < -0.3 is 15.4 Å². The van der Waals surface area contributed by atoms with E-state index in [4.69, 9.17) is 4.74 Å². The molecule has 1 amide bonds. The number of amides is 1. The summed E-state index contributed by atoms with van der Waals surface area (Å²) in [5.41, 5.74) is 2.56. The molecule has 2 heterocycles. The molecular formula is C13H13N3O2S. The molecule has 2 aromatic rings. The summed E-state index contributed by atoms with van der Waals surface area (Å²) in [6.45, 7) is 2.96. The smallest absolute Gasteiger partial charge is 0.262 e. The van der Waals surface area contributed by atoms with Crippen molar-refractivity contribution in [3.8, 4) is 17.0 Å². The van der Waals surface area contributed by atoms with E-state index in [1.807, 2.05) is 30.5 Å². The standard InChI is InChI=1S/C13H13N3O2S/c1-2-14-13-16-10(7-19-13)8-3-4-11-9(5-8)15-12(17)6-18-11/h3-5,7H,2,6H2,1H3,(H,14,16)(H,15,17). The Kier molecular flexibility index (Phi) is 3.08. The lowest BCUT2D eigenvalue weighted by Crippen LogP contribution is -2.25. The first-order valence-corrected chi connectivity index (χ1v) is 6.90. The number of rotatable bonds is 3. The van der Waals surface area contributed by atoms with Crippen LogP contribution in [0.15, 0.2) is 23.6 Å². The first-order valence-electron chi connectivity index (χ1n) is 6.02. The van der Waals surface area contributed by atoms with Crippen molar-refractivity contribution in [2.45, 2.75) is 6.92 Å². The zero-order valence-corrected chi connectivity index (χ0v) is 11.2. The topological polar surface area (TPSA) is 63.2 Å². The Balaban J connectivity index is 1.92. The fraction of sp³-hybridized carbons (Fsp3) is 0.231. The van der Waals surface area contributed by atoms with Gasteiger partial charge in [0.15, 0.2) is 11.7 Å². The molecule has 5 nitrogen and oxygen atoms in total. The van der Waals surface area contributed by atoms with Crippen LogP contribution in [0.5, 0.6) is 5.75 Å². The zero-order chi connectivity index (χ0) is 13.2. The predicted molar refractivity (Wildman–Crippen MR) is 75.8 cm³/mol. The maximum absolute atomic E-state index is 11.3. The Hall–Kier alpha value is -2.08. The van der Waals surface area contributed by atoms with E-state index in [1.165, 1.54) is 0 Å². The molecule has 1 aromatic carbocycles. The second-order valence-electron chi connectivity index (χ2n) is 4.12. The Labute approximate surface area is 114 Å². The number of fused-ring (bicyclic) bond motifs is 1. The van der Waals surface area contributed by atoms with E-state index in [1.54, 1.807) is 11.3 Å². The van der Waals surface area contributed by atoms with Gasteiger partial charge in [-0.2, -0.15) is 0 Å². The van der Waals surface area contributed by atoms with Crippen LogP contribution in [-0.2, 0) is 4.79 Å². The first-order chi connectivity index (χ1) is 9.26. The second-order valence-corrected chi connectivity index (χ2v) is 4.97. The number of nitrogens with one attached hydrogen (secondary N) is 2. The second kappa shape index (κ2) is 4.89. The van der Waals surface area contributed by atoms with E-state index < -0.39 is 0 Å². The van der Waals surface area contributed by atoms with Crippen molar-refractivity contribution in [3.63, 3.8) is 0 Å². The molecule has 0 saturated heterocycles. The van der Waals surface area contributed by atoms with Gasteiger partial charge in [-0.15, -0.1) is 11.3 Å². The van der Waals surface area contributed by atoms with Crippen molar-refractivity contribution in [1.82, 2.24) is 4.98 Å². The summed E-state index contributed by atoms with van der Waals surface area (Å²) in [5, 5.41) is 8.87. The lowest BCUT2D eigenvalue weighted by molar-refractivity contribution is -0.118. The maximum Gasteiger partial charge on any atom is 0.262 e. The van der Waals surface area contributed by atoms with Gasteiger partial charge in [0, 0.05) is 17.5 Å². The highest BCUT2D eigenvalue weighted by Crippen LogP contribution is 2.33. The van der Waals surface area contributed by atoms with Crippen LogP contribution >= 0.6 is 11.3 Å². The van der Waals surface area contributed by atoms with E-state index in [0.29, 0.717) is 11.4 Å². The summed E-state index contributed by atoms with van der Waals surface area (Å²) < 4.78 is 5.33. The zero-order valence-electron chi connectivity index (χ0n) is 10.4. The van der Waals surface area contributed by atoms with E-state index in [9.17, 15) is 4.79 Å². The van der Waals surface area contributed by atoms with Crippen molar-refractivity contribution in [2.75, 3.05) is 23.8 Å². The van der Waals surface area contributed by atoms with E-state index in [-0.39, 0.29) is 12.5 Å². The van der Waals surface area contributed by atoms with Gasteiger partial charge in [-0.05, 0) is 25.1 Å². The minimum Gasteiger partial charge on any atom is -0.482 e. The Morgan fingerprint density at radius 3 is 3.26 bits per heavy atom. The van der Waals surface area contributed by atoms with Crippen LogP contribution in [0.1, 0.15) is 6.92 Å². The minimum atomic E-state index is -0.128. The fourth-order valence-corrected chi connectivity index (χ4v) is 2.67. The molecular weight excluding hydrogens is 262 g/mol. The number of hydrogen-bond donors (Lipinski definition) is 2. The molecule has 0 fully saturated rings. The third kappa shape index (κ3) is 2.39. The molecule has 0 saturated carbocycles. The van der Waals surface area contributed by atoms with Crippen LogP contribution in [-0.4, -0.2) is 24.0 Å². The van der Waals surface area contributed by atoms with Crippen LogP contribution in [0.3, 0.4) is 0 Å². The van der Waals surface area contributed by atoms with Crippen molar-refractivity contribution >= 4 is 28.1 Å². The Morgan fingerprint density at radius 2 is 2.42 bits per heavy atom.